The molecule has 1 aromatic rings. The Hall–Kier alpha value is -1.67. The number of nitrogens with two attached hydrogens (primary N) is 1. The van der Waals surface area contributed by atoms with Crippen molar-refractivity contribution in [2.45, 2.75) is 25.3 Å². The van der Waals surface area contributed by atoms with Crippen LogP contribution in [-0.2, 0) is 0 Å². The van der Waals surface area contributed by atoms with Crippen molar-refractivity contribution in [2.75, 3.05) is 42.5 Å². The van der Waals surface area contributed by atoms with Gasteiger partial charge in [-0.2, -0.15) is 15.0 Å². The predicted octanol–water partition coefficient (Wildman–Crippen LogP) is -0.426. The van der Waals surface area contributed by atoms with Gasteiger partial charge in [0, 0.05) is 20.6 Å². The van der Waals surface area contributed by atoms with E-state index < -0.39 is 0 Å². The zero-order valence-corrected chi connectivity index (χ0v) is 11.4. The summed E-state index contributed by atoms with van der Waals surface area (Å²) in [6.45, 7) is 0.945. The van der Waals surface area contributed by atoms with Crippen LogP contribution in [0.15, 0.2) is 0 Å². The van der Waals surface area contributed by atoms with E-state index in [1.165, 1.54) is 0 Å². The van der Waals surface area contributed by atoms with Crippen LogP contribution in [0.3, 0.4) is 0 Å². The molecular formula is C11H21N7O. The molecule has 1 aliphatic rings. The summed E-state index contributed by atoms with van der Waals surface area (Å²) >= 11 is 0. The zero-order chi connectivity index (χ0) is 13.8. The molecule has 1 unspecified atom stereocenters. The number of nitrogen functional groups attached to an aromatic ring is 1. The molecule has 8 nitrogen and oxygen atoms in total. The summed E-state index contributed by atoms with van der Waals surface area (Å²) < 4.78 is 0. The largest absolute Gasteiger partial charge is 0.394 e. The average Bonchev–Trinajstić information content (AvgIpc) is 2.46. The highest BCUT2D eigenvalue weighted by Crippen LogP contribution is 2.23. The molecule has 4 N–H and O–H groups in total. The molecule has 1 aliphatic heterocycles. The fourth-order valence-electron chi connectivity index (χ4n) is 2.20. The van der Waals surface area contributed by atoms with Gasteiger partial charge < -0.3 is 14.9 Å². The molecule has 0 spiro atoms. The van der Waals surface area contributed by atoms with Crippen LogP contribution >= 0.6 is 0 Å². The lowest BCUT2D eigenvalue weighted by molar-refractivity contribution is 0.239. The Morgan fingerprint density at radius 3 is 2.79 bits per heavy atom. The fraction of sp³-hybridized carbons (Fsp3) is 0.727. The molecule has 0 aromatic carbocycles. The molecule has 0 amide bonds. The number of piperidine rings is 1. The minimum absolute atomic E-state index is 0.0665. The van der Waals surface area contributed by atoms with Crippen LogP contribution < -0.4 is 21.1 Å². The molecule has 0 saturated carbocycles. The first-order valence-corrected chi connectivity index (χ1v) is 6.43. The fourth-order valence-corrected chi connectivity index (χ4v) is 2.20. The summed E-state index contributed by atoms with van der Waals surface area (Å²) in [6.07, 6.45) is 3.14. The lowest BCUT2D eigenvalue weighted by Crippen LogP contribution is -2.43. The van der Waals surface area contributed by atoms with Gasteiger partial charge in [0.15, 0.2) is 0 Å². The number of rotatable bonds is 4. The van der Waals surface area contributed by atoms with Crippen LogP contribution in [0.25, 0.3) is 0 Å². The Bertz CT molecular complexity index is 426. The number of aliphatic hydroxyl groups is 1. The summed E-state index contributed by atoms with van der Waals surface area (Å²) in [5.41, 5.74) is 2.46. The molecule has 8 heteroatoms. The van der Waals surface area contributed by atoms with Gasteiger partial charge in [0.2, 0.25) is 17.8 Å². The molecule has 0 aliphatic carbocycles. The first-order chi connectivity index (χ1) is 9.15. The van der Waals surface area contributed by atoms with Gasteiger partial charge in [-0.05, 0) is 19.3 Å². The van der Waals surface area contributed by atoms with Gasteiger partial charge in [0.25, 0.3) is 0 Å². The second-order valence-electron chi connectivity index (χ2n) is 4.82. The number of nitrogens with one attached hydrogen (secondary N) is 1. The van der Waals surface area contributed by atoms with Crippen LogP contribution in [0.4, 0.5) is 17.8 Å². The van der Waals surface area contributed by atoms with Crippen LogP contribution in [0.5, 0.6) is 0 Å². The van der Waals surface area contributed by atoms with Gasteiger partial charge in [-0.3, -0.25) is 5.43 Å². The summed E-state index contributed by atoms with van der Waals surface area (Å²) in [6, 6.07) is 0.0665. The third-order valence-corrected chi connectivity index (χ3v) is 3.24. The number of nitrogens with zero attached hydrogens (tertiary/aromatic N) is 5. The molecule has 106 valence electrons. The van der Waals surface area contributed by atoms with Crippen LogP contribution in [0.1, 0.15) is 19.3 Å². The quantitative estimate of drug-likeness (QED) is 0.499. The minimum atomic E-state index is 0.0665. The number of hydrogen-bond acceptors (Lipinski definition) is 8. The van der Waals surface area contributed by atoms with Gasteiger partial charge in [-0.1, -0.05) is 0 Å². The molecule has 2 rings (SSSR count). The SMILES string of the molecule is CN(C)c1nc(NN)nc(N2CCCCC2CO)n1. The smallest absolute Gasteiger partial charge is 0.243 e. The van der Waals surface area contributed by atoms with Gasteiger partial charge >= 0.3 is 0 Å². The van der Waals surface area contributed by atoms with E-state index >= 15 is 0 Å². The lowest BCUT2D eigenvalue weighted by Gasteiger charge is -2.34. The normalized spacial score (nSPS) is 19.4. The number of hydrazine groups is 1. The first-order valence-electron chi connectivity index (χ1n) is 6.43. The highest BCUT2D eigenvalue weighted by molar-refractivity contribution is 5.45. The zero-order valence-electron chi connectivity index (χ0n) is 11.4. The Morgan fingerprint density at radius 2 is 2.16 bits per heavy atom. The number of anilines is 3. The van der Waals surface area contributed by atoms with E-state index in [-0.39, 0.29) is 12.6 Å². The van der Waals surface area contributed by atoms with Gasteiger partial charge in [0.05, 0.1) is 12.6 Å². The van der Waals surface area contributed by atoms with Crippen molar-refractivity contribution >= 4 is 17.8 Å². The minimum Gasteiger partial charge on any atom is -0.394 e. The first kappa shape index (κ1) is 13.8. The summed E-state index contributed by atoms with van der Waals surface area (Å²) in [4.78, 5) is 16.7. The molecule has 19 heavy (non-hydrogen) atoms. The summed E-state index contributed by atoms with van der Waals surface area (Å²) in [5.74, 6) is 6.83. The molecule has 1 aromatic heterocycles. The standard InChI is InChI=1S/C11H21N7O/c1-17(2)10-13-9(16-12)14-11(15-10)18-6-4-3-5-8(18)7-19/h8,19H,3-7,12H2,1-2H3,(H,13,14,15,16). The van der Waals surface area contributed by atoms with E-state index in [0.29, 0.717) is 17.8 Å². The van der Waals surface area contributed by atoms with E-state index in [4.69, 9.17) is 5.84 Å². The van der Waals surface area contributed by atoms with Crippen molar-refractivity contribution in [3.05, 3.63) is 0 Å². The van der Waals surface area contributed by atoms with Crippen molar-refractivity contribution < 1.29 is 5.11 Å². The van der Waals surface area contributed by atoms with E-state index in [1.54, 1.807) is 4.90 Å². The van der Waals surface area contributed by atoms with Crippen LogP contribution in [0, 0.1) is 0 Å². The van der Waals surface area contributed by atoms with Crippen molar-refractivity contribution in [1.29, 1.82) is 0 Å². The highest BCUT2D eigenvalue weighted by Gasteiger charge is 2.25. The van der Waals surface area contributed by atoms with E-state index in [0.717, 1.165) is 25.8 Å². The second-order valence-corrected chi connectivity index (χ2v) is 4.82. The van der Waals surface area contributed by atoms with Crippen molar-refractivity contribution in [2.24, 2.45) is 5.84 Å². The van der Waals surface area contributed by atoms with E-state index in [1.807, 2.05) is 19.0 Å². The molecule has 2 heterocycles. The Morgan fingerprint density at radius 1 is 1.37 bits per heavy atom. The number of aromatic nitrogens is 3. The van der Waals surface area contributed by atoms with E-state index in [9.17, 15) is 5.11 Å². The number of hydrogen-bond donors (Lipinski definition) is 3. The molecule has 0 bridgehead atoms. The Balaban J connectivity index is 2.33. The van der Waals surface area contributed by atoms with Gasteiger partial charge in [-0.25, -0.2) is 5.84 Å². The summed E-state index contributed by atoms with van der Waals surface area (Å²) in [5, 5.41) is 9.46. The second kappa shape index (κ2) is 5.98. The third-order valence-electron chi connectivity index (χ3n) is 3.24. The maximum Gasteiger partial charge on any atom is 0.243 e. The van der Waals surface area contributed by atoms with Crippen molar-refractivity contribution in [3.8, 4) is 0 Å². The van der Waals surface area contributed by atoms with Crippen molar-refractivity contribution in [1.82, 2.24) is 15.0 Å². The van der Waals surface area contributed by atoms with Crippen molar-refractivity contribution in [3.63, 3.8) is 0 Å². The predicted molar refractivity (Wildman–Crippen MR) is 74.0 cm³/mol. The molecule has 1 saturated heterocycles. The Labute approximate surface area is 112 Å². The lowest BCUT2D eigenvalue weighted by atomic mass is 10.0. The maximum absolute atomic E-state index is 9.46. The summed E-state index contributed by atoms with van der Waals surface area (Å²) in [7, 11) is 3.72. The highest BCUT2D eigenvalue weighted by atomic mass is 16.3. The van der Waals surface area contributed by atoms with Crippen LogP contribution in [0.2, 0.25) is 0 Å². The Kier molecular flexibility index (Phi) is 4.33. The van der Waals surface area contributed by atoms with Gasteiger partial charge in [0.1, 0.15) is 0 Å². The third kappa shape index (κ3) is 3.02. The molecule has 1 atom stereocenters. The maximum atomic E-state index is 9.46. The molecular weight excluding hydrogens is 246 g/mol. The molecule has 1 fully saturated rings. The monoisotopic (exact) mass is 267 g/mol. The van der Waals surface area contributed by atoms with Crippen LogP contribution in [-0.4, -0.2) is 53.3 Å². The average molecular weight is 267 g/mol. The molecule has 0 radical (unpaired) electrons. The van der Waals surface area contributed by atoms with Gasteiger partial charge in [-0.15, -0.1) is 0 Å². The van der Waals surface area contributed by atoms with E-state index in [2.05, 4.69) is 20.4 Å². The topological polar surface area (TPSA) is 103 Å². The number of aliphatic hydroxyl groups excluding tert-OH is 1.